The van der Waals surface area contributed by atoms with Crippen molar-refractivity contribution in [2.24, 2.45) is 0 Å². The number of ether oxygens (including phenoxy) is 1. The highest BCUT2D eigenvalue weighted by Crippen LogP contribution is 2.25. The van der Waals surface area contributed by atoms with E-state index in [4.69, 9.17) is 16.3 Å². The smallest absolute Gasteiger partial charge is 0.262 e. The van der Waals surface area contributed by atoms with Crippen LogP contribution in [-0.4, -0.2) is 38.3 Å². The highest BCUT2D eigenvalue weighted by molar-refractivity contribution is 7.89. The fourth-order valence-electron chi connectivity index (χ4n) is 3.02. The number of anilines is 1. The third-order valence-electron chi connectivity index (χ3n) is 4.62. The molecule has 0 aliphatic carbocycles. The summed E-state index contributed by atoms with van der Waals surface area (Å²) in [6, 6.07) is 11.5. The summed E-state index contributed by atoms with van der Waals surface area (Å²) < 4.78 is 32.6. The number of nitrogens with zero attached hydrogens (tertiary/aromatic N) is 1. The predicted octanol–water partition coefficient (Wildman–Crippen LogP) is 3.84. The van der Waals surface area contributed by atoms with Crippen molar-refractivity contribution in [3.05, 3.63) is 53.1 Å². The van der Waals surface area contributed by atoms with Crippen molar-refractivity contribution in [3.8, 4) is 5.75 Å². The van der Waals surface area contributed by atoms with Crippen molar-refractivity contribution in [1.82, 2.24) is 4.31 Å². The maximum absolute atomic E-state index is 12.9. The highest BCUT2D eigenvalue weighted by atomic mass is 35.5. The third-order valence-corrected chi connectivity index (χ3v) is 6.77. The minimum atomic E-state index is -3.56. The second-order valence-electron chi connectivity index (χ2n) is 6.73. The molecule has 6 nitrogen and oxygen atoms in total. The Hall–Kier alpha value is -2.09. The molecule has 1 fully saturated rings. The Kier molecular flexibility index (Phi) is 6.59. The lowest BCUT2D eigenvalue weighted by Crippen LogP contribution is -2.35. The standard InChI is InChI=1S/C20H23ClN2O4S/c1-15-5-10-18(28(25,26)23-11-3-2-4-12-23)13-19(15)22-20(24)14-27-17-8-6-16(21)7-9-17/h5-10,13H,2-4,11-12,14H2,1H3,(H,22,24). The Morgan fingerprint density at radius 2 is 1.79 bits per heavy atom. The molecule has 0 aromatic heterocycles. The van der Waals surface area contributed by atoms with E-state index in [9.17, 15) is 13.2 Å². The monoisotopic (exact) mass is 422 g/mol. The van der Waals surface area contributed by atoms with Crippen LogP contribution in [0.1, 0.15) is 24.8 Å². The number of rotatable bonds is 6. The molecule has 2 aromatic rings. The van der Waals surface area contributed by atoms with Crippen LogP contribution in [0.2, 0.25) is 5.02 Å². The first-order valence-corrected chi connectivity index (χ1v) is 11.0. The molecule has 8 heteroatoms. The predicted molar refractivity (Wildman–Crippen MR) is 109 cm³/mol. The van der Waals surface area contributed by atoms with Crippen molar-refractivity contribution in [1.29, 1.82) is 0 Å². The normalized spacial score (nSPS) is 15.2. The summed E-state index contributed by atoms with van der Waals surface area (Å²) in [6.45, 7) is 2.69. The maximum atomic E-state index is 12.9. The number of carbonyl (C=O) groups is 1. The SMILES string of the molecule is Cc1ccc(S(=O)(=O)N2CCCCC2)cc1NC(=O)COc1ccc(Cl)cc1. The van der Waals surface area contributed by atoms with Gasteiger partial charge < -0.3 is 10.1 Å². The lowest BCUT2D eigenvalue weighted by molar-refractivity contribution is -0.118. The molecule has 1 aliphatic heterocycles. The number of sulfonamides is 1. The Morgan fingerprint density at radius 1 is 1.11 bits per heavy atom. The van der Waals surface area contributed by atoms with E-state index in [1.807, 2.05) is 6.92 Å². The molecule has 3 rings (SSSR count). The minimum absolute atomic E-state index is 0.189. The minimum Gasteiger partial charge on any atom is -0.484 e. The van der Waals surface area contributed by atoms with Crippen molar-refractivity contribution in [2.75, 3.05) is 25.0 Å². The van der Waals surface area contributed by atoms with Gasteiger partial charge >= 0.3 is 0 Å². The number of amides is 1. The van der Waals surface area contributed by atoms with E-state index in [2.05, 4.69) is 5.32 Å². The van der Waals surface area contributed by atoms with E-state index in [0.717, 1.165) is 24.8 Å². The molecular formula is C20H23ClN2O4S. The van der Waals surface area contributed by atoms with E-state index in [1.165, 1.54) is 10.4 Å². The van der Waals surface area contributed by atoms with Crippen LogP contribution in [0.15, 0.2) is 47.4 Å². The molecule has 1 amide bonds. The first kappa shape index (κ1) is 20.6. The zero-order valence-electron chi connectivity index (χ0n) is 15.7. The Labute approximate surface area is 170 Å². The number of nitrogens with one attached hydrogen (secondary N) is 1. The number of benzene rings is 2. The maximum Gasteiger partial charge on any atom is 0.262 e. The molecule has 1 heterocycles. The summed E-state index contributed by atoms with van der Waals surface area (Å²) in [5.74, 6) is 0.156. The van der Waals surface area contributed by atoms with Gasteiger partial charge in [-0.25, -0.2) is 8.42 Å². The number of aryl methyl sites for hydroxylation is 1. The fraction of sp³-hybridized carbons (Fsp3) is 0.350. The van der Waals surface area contributed by atoms with Gasteiger partial charge in [-0.1, -0.05) is 24.1 Å². The molecule has 1 aliphatic rings. The van der Waals surface area contributed by atoms with Crippen molar-refractivity contribution >= 4 is 33.2 Å². The Morgan fingerprint density at radius 3 is 2.46 bits per heavy atom. The number of hydrogen-bond donors (Lipinski definition) is 1. The van der Waals surface area contributed by atoms with Gasteiger partial charge in [0.15, 0.2) is 6.61 Å². The van der Waals surface area contributed by atoms with Crippen molar-refractivity contribution < 1.29 is 17.9 Å². The zero-order valence-corrected chi connectivity index (χ0v) is 17.2. The van der Waals surface area contributed by atoms with Gasteiger partial charge in [-0.05, 0) is 61.7 Å². The lowest BCUT2D eigenvalue weighted by atomic mass is 10.2. The van der Waals surface area contributed by atoms with Gasteiger partial charge in [-0.15, -0.1) is 0 Å². The van der Waals surface area contributed by atoms with Gasteiger partial charge in [-0.3, -0.25) is 4.79 Å². The number of piperidine rings is 1. The van der Waals surface area contributed by atoms with E-state index in [0.29, 0.717) is 29.5 Å². The van der Waals surface area contributed by atoms with Crippen LogP contribution in [0.3, 0.4) is 0 Å². The van der Waals surface area contributed by atoms with Gasteiger partial charge in [-0.2, -0.15) is 4.31 Å². The van der Waals surface area contributed by atoms with Crippen LogP contribution in [0.25, 0.3) is 0 Å². The first-order valence-electron chi connectivity index (χ1n) is 9.15. The van der Waals surface area contributed by atoms with Crippen LogP contribution >= 0.6 is 11.6 Å². The van der Waals surface area contributed by atoms with E-state index in [-0.39, 0.29) is 17.4 Å². The summed E-state index contributed by atoms with van der Waals surface area (Å²) in [6.07, 6.45) is 2.79. The second-order valence-corrected chi connectivity index (χ2v) is 9.11. The average Bonchev–Trinajstić information content (AvgIpc) is 2.70. The van der Waals surface area contributed by atoms with Crippen LogP contribution in [-0.2, 0) is 14.8 Å². The third kappa shape index (κ3) is 5.04. The zero-order chi connectivity index (χ0) is 20.1. The van der Waals surface area contributed by atoms with Gasteiger partial charge in [0.2, 0.25) is 10.0 Å². The molecule has 0 bridgehead atoms. The number of halogens is 1. The summed E-state index contributed by atoms with van der Waals surface area (Å²) in [5, 5.41) is 3.32. The summed E-state index contributed by atoms with van der Waals surface area (Å²) in [7, 11) is -3.56. The molecule has 150 valence electrons. The van der Waals surface area contributed by atoms with E-state index in [1.54, 1.807) is 36.4 Å². The molecular weight excluding hydrogens is 400 g/mol. The summed E-state index contributed by atoms with van der Waals surface area (Å²) in [5.41, 5.74) is 1.24. The van der Waals surface area contributed by atoms with Gasteiger partial charge in [0, 0.05) is 23.8 Å². The molecule has 0 atom stereocenters. The quantitative estimate of drug-likeness (QED) is 0.767. The molecule has 0 saturated carbocycles. The Bertz CT molecular complexity index is 939. The topological polar surface area (TPSA) is 75.7 Å². The van der Waals surface area contributed by atoms with Gasteiger partial charge in [0.1, 0.15) is 5.75 Å². The first-order chi connectivity index (χ1) is 13.4. The van der Waals surface area contributed by atoms with E-state index < -0.39 is 10.0 Å². The molecule has 1 saturated heterocycles. The second kappa shape index (κ2) is 8.94. The van der Waals surface area contributed by atoms with Gasteiger partial charge in [0.05, 0.1) is 4.90 Å². The van der Waals surface area contributed by atoms with Crippen LogP contribution in [0, 0.1) is 6.92 Å². The number of hydrogen-bond acceptors (Lipinski definition) is 4. The van der Waals surface area contributed by atoms with E-state index >= 15 is 0 Å². The molecule has 0 radical (unpaired) electrons. The molecule has 0 unspecified atom stereocenters. The lowest BCUT2D eigenvalue weighted by Gasteiger charge is -2.26. The summed E-state index contributed by atoms with van der Waals surface area (Å²) >= 11 is 5.82. The fourth-order valence-corrected chi connectivity index (χ4v) is 4.69. The average molecular weight is 423 g/mol. The molecule has 1 N–H and O–H groups in total. The summed E-state index contributed by atoms with van der Waals surface area (Å²) in [4.78, 5) is 12.4. The largest absolute Gasteiger partial charge is 0.484 e. The van der Waals surface area contributed by atoms with Crippen molar-refractivity contribution in [3.63, 3.8) is 0 Å². The van der Waals surface area contributed by atoms with Crippen LogP contribution in [0.5, 0.6) is 5.75 Å². The van der Waals surface area contributed by atoms with Gasteiger partial charge in [0.25, 0.3) is 5.91 Å². The Balaban J connectivity index is 1.68. The van der Waals surface area contributed by atoms with Crippen LogP contribution in [0.4, 0.5) is 5.69 Å². The highest BCUT2D eigenvalue weighted by Gasteiger charge is 2.26. The number of carbonyl (C=O) groups excluding carboxylic acids is 1. The molecule has 0 spiro atoms. The molecule has 28 heavy (non-hydrogen) atoms. The van der Waals surface area contributed by atoms with Crippen LogP contribution < -0.4 is 10.1 Å². The molecule has 2 aromatic carbocycles. The van der Waals surface area contributed by atoms with Crippen molar-refractivity contribution in [2.45, 2.75) is 31.1 Å².